The van der Waals surface area contributed by atoms with E-state index in [1.165, 1.54) is 0 Å². The SMILES string of the molecule is COc1cc(N)c(N)c(CBr)c1. The maximum Gasteiger partial charge on any atom is 0.121 e. The Bertz CT molecular complexity index is 289. The van der Waals surface area contributed by atoms with Crippen LogP contribution in [0, 0.1) is 0 Å². The lowest BCUT2D eigenvalue weighted by molar-refractivity contribution is 0.415. The molecule has 0 fully saturated rings. The summed E-state index contributed by atoms with van der Waals surface area (Å²) >= 11 is 3.31. The van der Waals surface area contributed by atoms with Crippen LogP contribution >= 0.6 is 15.9 Å². The Balaban J connectivity index is 3.19. The quantitative estimate of drug-likeness (QED) is 0.602. The van der Waals surface area contributed by atoms with E-state index in [-0.39, 0.29) is 0 Å². The van der Waals surface area contributed by atoms with Crippen LogP contribution in [0.2, 0.25) is 0 Å². The molecule has 0 aliphatic rings. The van der Waals surface area contributed by atoms with Gasteiger partial charge < -0.3 is 16.2 Å². The molecule has 0 radical (unpaired) electrons. The topological polar surface area (TPSA) is 61.3 Å². The smallest absolute Gasteiger partial charge is 0.121 e. The molecule has 0 saturated heterocycles. The van der Waals surface area contributed by atoms with Gasteiger partial charge in [0.25, 0.3) is 0 Å². The van der Waals surface area contributed by atoms with Crippen LogP contribution in [-0.2, 0) is 5.33 Å². The highest BCUT2D eigenvalue weighted by molar-refractivity contribution is 9.08. The number of halogens is 1. The van der Waals surface area contributed by atoms with Gasteiger partial charge in [0.15, 0.2) is 0 Å². The molecule has 0 aliphatic carbocycles. The monoisotopic (exact) mass is 230 g/mol. The maximum absolute atomic E-state index is 5.71. The summed E-state index contributed by atoms with van der Waals surface area (Å²) in [4.78, 5) is 0. The van der Waals surface area contributed by atoms with Gasteiger partial charge >= 0.3 is 0 Å². The van der Waals surface area contributed by atoms with Crippen LogP contribution in [0.25, 0.3) is 0 Å². The maximum atomic E-state index is 5.71. The predicted molar refractivity (Wildman–Crippen MR) is 54.4 cm³/mol. The van der Waals surface area contributed by atoms with E-state index >= 15 is 0 Å². The third-order valence-corrected chi connectivity index (χ3v) is 2.25. The summed E-state index contributed by atoms with van der Waals surface area (Å²) < 4.78 is 5.04. The Morgan fingerprint density at radius 1 is 1.42 bits per heavy atom. The molecule has 12 heavy (non-hydrogen) atoms. The van der Waals surface area contributed by atoms with Crippen molar-refractivity contribution in [3.8, 4) is 5.75 Å². The van der Waals surface area contributed by atoms with Crippen molar-refractivity contribution in [2.45, 2.75) is 5.33 Å². The molecule has 0 amide bonds. The minimum Gasteiger partial charge on any atom is -0.497 e. The standard InChI is InChI=1S/C8H11BrN2O/c1-12-6-2-5(4-9)8(11)7(10)3-6/h2-3H,4,10-11H2,1H3. The van der Waals surface area contributed by atoms with E-state index in [0.717, 1.165) is 11.3 Å². The van der Waals surface area contributed by atoms with Crippen molar-refractivity contribution in [2.75, 3.05) is 18.6 Å². The Labute approximate surface area is 79.8 Å². The van der Waals surface area contributed by atoms with E-state index in [1.54, 1.807) is 13.2 Å². The summed E-state index contributed by atoms with van der Waals surface area (Å²) in [6.07, 6.45) is 0. The number of rotatable bonds is 2. The molecule has 0 bridgehead atoms. The first-order valence-electron chi connectivity index (χ1n) is 3.47. The highest BCUT2D eigenvalue weighted by Gasteiger charge is 2.04. The second-order valence-electron chi connectivity index (χ2n) is 2.42. The highest BCUT2D eigenvalue weighted by Crippen LogP contribution is 2.27. The number of anilines is 2. The van der Waals surface area contributed by atoms with Crippen LogP contribution in [0.5, 0.6) is 5.75 Å². The van der Waals surface area contributed by atoms with Crippen molar-refractivity contribution in [1.82, 2.24) is 0 Å². The summed E-state index contributed by atoms with van der Waals surface area (Å²) in [7, 11) is 1.60. The third kappa shape index (κ3) is 1.64. The lowest BCUT2D eigenvalue weighted by Gasteiger charge is -2.08. The van der Waals surface area contributed by atoms with Gasteiger partial charge in [-0.25, -0.2) is 0 Å². The highest BCUT2D eigenvalue weighted by atomic mass is 79.9. The van der Waals surface area contributed by atoms with Gasteiger partial charge in [0.05, 0.1) is 18.5 Å². The molecular weight excluding hydrogens is 220 g/mol. The molecule has 1 aromatic rings. The number of hydrogen-bond donors (Lipinski definition) is 2. The third-order valence-electron chi connectivity index (χ3n) is 1.65. The van der Waals surface area contributed by atoms with Crippen molar-refractivity contribution in [3.05, 3.63) is 17.7 Å². The molecule has 0 atom stereocenters. The normalized spacial score (nSPS) is 9.83. The first kappa shape index (κ1) is 9.19. The second kappa shape index (κ2) is 3.67. The molecule has 0 aliphatic heterocycles. The van der Waals surface area contributed by atoms with E-state index in [0.29, 0.717) is 16.7 Å². The van der Waals surface area contributed by atoms with Crippen LogP contribution < -0.4 is 16.2 Å². The summed E-state index contributed by atoms with van der Waals surface area (Å²) in [5, 5.41) is 0.681. The number of nitrogens with two attached hydrogens (primary N) is 2. The van der Waals surface area contributed by atoms with Gasteiger partial charge in [0.2, 0.25) is 0 Å². The van der Waals surface area contributed by atoms with Crippen molar-refractivity contribution in [2.24, 2.45) is 0 Å². The van der Waals surface area contributed by atoms with Gasteiger partial charge in [-0.3, -0.25) is 0 Å². The van der Waals surface area contributed by atoms with Crippen molar-refractivity contribution < 1.29 is 4.74 Å². The zero-order valence-corrected chi connectivity index (χ0v) is 8.39. The van der Waals surface area contributed by atoms with Gasteiger partial charge in [0.1, 0.15) is 5.75 Å². The molecule has 0 saturated carbocycles. The van der Waals surface area contributed by atoms with Gasteiger partial charge in [-0.2, -0.15) is 0 Å². The van der Waals surface area contributed by atoms with Crippen molar-refractivity contribution in [3.63, 3.8) is 0 Å². The lowest BCUT2D eigenvalue weighted by Crippen LogP contribution is -1.99. The number of nitrogen functional groups attached to an aromatic ring is 2. The number of ether oxygens (including phenoxy) is 1. The number of hydrogen-bond acceptors (Lipinski definition) is 3. The van der Waals surface area contributed by atoms with E-state index < -0.39 is 0 Å². The van der Waals surface area contributed by atoms with Crippen LogP contribution in [0.4, 0.5) is 11.4 Å². The molecule has 0 aromatic heterocycles. The van der Waals surface area contributed by atoms with Crippen molar-refractivity contribution >= 4 is 27.3 Å². The minimum absolute atomic E-state index is 0.559. The fourth-order valence-electron chi connectivity index (χ4n) is 0.936. The summed E-state index contributed by atoms with van der Waals surface area (Å²) in [5.41, 5.74) is 13.5. The zero-order valence-electron chi connectivity index (χ0n) is 6.80. The van der Waals surface area contributed by atoms with Crippen LogP contribution in [-0.4, -0.2) is 7.11 Å². The fraction of sp³-hybridized carbons (Fsp3) is 0.250. The first-order chi connectivity index (χ1) is 5.69. The fourth-order valence-corrected chi connectivity index (χ4v) is 1.40. The molecule has 0 heterocycles. The Kier molecular flexibility index (Phi) is 2.81. The van der Waals surface area contributed by atoms with Gasteiger partial charge in [-0.15, -0.1) is 0 Å². The van der Waals surface area contributed by atoms with E-state index in [9.17, 15) is 0 Å². The molecule has 4 N–H and O–H groups in total. The van der Waals surface area contributed by atoms with E-state index in [4.69, 9.17) is 16.2 Å². The average Bonchev–Trinajstić information content (AvgIpc) is 2.09. The molecule has 0 spiro atoms. The minimum atomic E-state index is 0.559. The predicted octanol–water partition coefficient (Wildman–Crippen LogP) is 1.75. The lowest BCUT2D eigenvalue weighted by atomic mass is 10.1. The Hall–Kier alpha value is -0.900. The van der Waals surface area contributed by atoms with E-state index in [2.05, 4.69) is 15.9 Å². The van der Waals surface area contributed by atoms with Gasteiger partial charge in [0, 0.05) is 11.4 Å². The van der Waals surface area contributed by atoms with Crippen LogP contribution in [0.15, 0.2) is 12.1 Å². The summed E-state index contributed by atoms with van der Waals surface area (Å²) in [6, 6.07) is 3.57. The second-order valence-corrected chi connectivity index (χ2v) is 2.98. The van der Waals surface area contributed by atoms with Crippen molar-refractivity contribution in [1.29, 1.82) is 0 Å². The molecule has 4 heteroatoms. The molecular formula is C8H11BrN2O. The first-order valence-corrected chi connectivity index (χ1v) is 4.59. The zero-order chi connectivity index (χ0) is 9.14. The number of benzene rings is 1. The summed E-state index contributed by atoms with van der Waals surface area (Å²) in [5.74, 6) is 0.733. The average molecular weight is 231 g/mol. The summed E-state index contributed by atoms with van der Waals surface area (Å²) in [6.45, 7) is 0. The molecule has 3 nitrogen and oxygen atoms in total. The Morgan fingerprint density at radius 3 is 2.58 bits per heavy atom. The van der Waals surface area contributed by atoms with Gasteiger partial charge in [-0.1, -0.05) is 15.9 Å². The molecule has 66 valence electrons. The number of alkyl halides is 1. The van der Waals surface area contributed by atoms with E-state index in [1.807, 2.05) is 6.07 Å². The van der Waals surface area contributed by atoms with Gasteiger partial charge in [-0.05, 0) is 11.6 Å². The number of methoxy groups -OCH3 is 1. The largest absolute Gasteiger partial charge is 0.497 e. The molecule has 1 aromatic carbocycles. The molecule has 0 unspecified atom stereocenters. The molecule has 1 rings (SSSR count). The van der Waals surface area contributed by atoms with Crippen LogP contribution in [0.3, 0.4) is 0 Å². The van der Waals surface area contributed by atoms with Crippen LogP contribution in [0.1, 0.15) is 5.56 Å². The Morgan fingerprint density at radius 2 is 2.08 bits per heavy atom.